The lowest BCUT2D eigenvalue weighted by Gasteiger charge is -2.23. The summed E-state index contributed by atoms with van der Waals surface area (Å²) in [7, 11) is 4.25. The van der Waals surface area contributed by atoms with Crippen molar-refractivity contribution in [2.45, 2.75) is 26.3 Å². The molecule has 0 aliphatic carbocycles. The predicted octanol–water partition coefficient (Wildman–Crippen LogP) is 0.114. The Labute approximate surface area is 117 Å². The fourth-order valence-electron chi connectivity index (χ4n) is 2.53. The molecule has 0 amide bonds. The summed E-state index contributed by atoms with van der Waals surface area (Å²) in [4.78, 5) is 9.04. The normalized spacial score (nSPS) is 24.3. The fourth-order valence-corrected chi connectivity index (χ4v) is 2.53. The molecule has 3 N–H and O–H groups in total. The number of rotatable bonds is 6. The lowest BCUT2D eigenvalue weighted by molar-refractivity contribution is 0.146. The van der Waals surface area contributed by atoms with E-state index in [2.05, 4.69) is 41.2 Å². The van der Waals surface area contributed by atoms with Crippen molar-refractivity contribution in [3.63, 3.8) is 0 Å². The third kappa shape index (κ3) is 4.97. The van der Waals surface area contributed by atoms with Gasteiger partial charge in [0.1, 0.15) is 0 Å². The Morgan fingerprint density at radius 3 is 2.74 bits per heavy atom. The van der Waals surface area contributed by atoms with E-state index in [-0.39, 0.29) is 0 Å². The van der Waals surface area contributed by atoms with Crippen molar-refractivity contribution >= 4 is 5.96 Å². The quantitative estimate of drug-likeness (QED) is 0.236. The highest BCUT2D eigenvalue weighted by Gasteiger charge is 2.32. The third-order valence-corrected chi connectivity index (χ3v) is 3.58. The number of nitrogens with one attached hydrogen (secondary N) is 1. The zero-order valence-corrected chi connectivity index (χ0v) is 12.7. The maximum absolute atomic E-state index is 5.59. The molecular formula is C13H29N5O. The summed E-state index contributed by atoms with van der Waals surface area (Å²) in [6, 6.07) is 0.557. The molecule has 112 valence electrons. The van der Waals surface area contributed by atoms with Gasteiger partial charge in [-0.2, -0.15) is 0 Å². The SMILES string of the molecule is CCOCCCN=C(NN)N1CC(C)C(N(C)C)C1. The van der Waals surface area contributed by atoms with Crippen molar-refractivity contribution in [3.8, 4) is 0 Å². The van der Waals surface area contributed by atoms with Crippen LogP contribution in [0.15, 0.2) is 4.99 Å². The predicted molar refractivity (Wildman–Crippen MR) is 78.9 cm³/mol. The minimum atomic E-state index is 0.557. The largest absolute Gasteiger partial charge is 0.382 e. The molecule has 0 saturated carbocycles. The van der Waals surface area contributed by atoms with E-state index in [1.807, 2.05) is 6.92 Å². The summed E-state index contributed by atoms with van der Waals surface area (Å²) in [5.41, 5.74) is 2.73. The van der Waals surface area contributed by atoms with E-state index >= 15 is 0 Å². The van der Waals surface area contributed by atoms with Gasteiger partial charge in [-0.05, 0) is 33.4 Å². The summed E-state index contributed by atoms with van der Waals surface area (Å²) in [6.07, 6.45) is 0.930. The molecule has 1 heterocycles. The molecule has 6 nitrogen and oxygen atoms in total. The molecule has 0 spiro atoms. The van der Waals surface area contributed by atoms with Crippen LogP contribution in [0.2, 0.25) is 0 Å². The number of aliphatic imine (C=N–C) groups is 1. The van der Waals surface area contributed by atoms with Crippen LogP contribution in [0.5, 0.6) is 0 Å². The molecule has 1 saturated heterocycles. The molecule has 1 rings (SSSR count). The Morgan fingerprint density at radius 2 is 2.21 bits per heavy atom. The molecule has 0 aromatic heterocycles. The molecule has 0 radical (unpaired) electrons. The van der Waals surface area contributed by atoms with Gasteiger partial charge in [0.05, 0.1) is 0 Å². The number of ether oxygens (including phenoxy) is 1. The summed E-state index contributed by atoms with van der Waals surface area (Å²) in [5, 5.41) is 0. The Balaban J connectivity index is 2.45. The second-order valence-electron chi connectivity index (χ2n) is 5.31. The number of nitrogens with zero attached hydrogens (tertiary/aromatic N) is 3. The van der Waals surface area contributed by atoms with Crippen LogP contribution in [0.3, 0.4) is 0 Å². The summed E-state index contributed by atoms with van der Waals surface area (Å²) >= 11 is 0. The molecule has 0 bridgehead atoms. The number of hydrogen-bond donors (Lipinski definition) is 2. The lowest BCUT2D eigenvalue weighted by Crippen LogP contribution is -2.45. The van der Waals surface area contributed by atoms with Crippen LogP contribution in [0.1, 0.15) is 20.3 Å². The van der Waals surface area contributed by atoms with E-state index in [0.29, 0.717) is 12.0 Å². The van der Waals surface area contributed by atoms with Gasteiger partial charge in [-0.1, -0.05) is 6.92 Å². The highest BCUT2D eigenvalue weighted by molar-refractivity contribution is 5.79. The molecular weight excluding hydrogens is 242 g/mol. The van der Waals surface area contributed by atoms with Gasteiger partial charge in [0.15, 0.2) is 0 Å². The first-order valence-electron chi connectivity index (χ1n) is 7.10. The molecule has 0 aromatic rings. The second-order valence-corrected chi connectivity index (χ2v) is 5.31. The van der Waals surface area contributed by atoms with Gasteiger partial charge in [-0.15, -0.1) is 0 Å². The highest BCUT2D eigenvalue weighted by atomic mass is 16.5. The molecule has 1 aliphatic heterocycles. The van der Waals surface area contributed by atoms with Crippen LogP contribution >= 0.6 is 0 Å². The van der Waals surface area contributed by atoms with E-state index in [0.717, 1.165) is 45.2 Å². The molecule has 6 heteroatoms. The topological polar surface area (TPSA) is 66.1 Å². The standard InChI is InChI=1S/C13H29N5O/c1-5-19-8-6-7-15-13(16-14)18-9-11(2)12(10-18)17(3)4/h11-12H,5-10,14H2,1-4H3,(H,15,16). The minimum absolute atomic E-state index is 0.557. The zero-order valence-electron chi connectivity index (χ0n) is 12.7. The number of nitrogens with two attached hydrogens (primary N) is 1. The van der Waals surface area contributed by atoms with Crippen LogP contribution in [0, 0.1) is 5.92 Å². The van der Waals surface area contributed by atoms with Gasteiger partial charge in [0, 0.05) is 38.9 Å². The number of hydrogen-bond acceptors (Lipinski definition) is 4. The van der Waals surface area contributed by atoms with Crippen molar-refractivity contribution in [1.29, 1.82) is 0 Å². The summed E-state index contributed by atoms with van der Waals surface area (Å²) in [6.45, 7) is 8.52. The van der Waals surface area contributed by atoms with Crippen LogP contribution in [-0.2, 0) is 4.74 Å². The Hall–Kier alpha value is -0.850. The van der Waals surface area contributed by atoms with Gasteiger partial charge in [0.2, 0.25) is 5.96 Å². The number of guanidine groups is 1. The van der Waals surface area contributed by atoms with Crippen molar-refractivity contribution in [3.05, 3.63) is 0 Å². The van der Waals surface area contributed by atoms with Gasteiger partial charge < -0.3 is 14.5 Å². The number of likely N-dealkylation sites (N-methyl/N-ethyl adjacent to an activating group) is 1. The highest BCUT2D eigenvalue weighted by Crippen LogP contribution is 2.19. The molecule has 2 unspecified atom stereocenters. The molecule has 1 aliphatic rings. The Bertz CT molecular complexity index is 282. The zero-order chi connectivity index (χ0) is 14.3. The molecule has 19 heavy (non-hydrogen) atoms. The average molecular weight is 271 g/mol. The van der Waals surface area contributed by atoms with Crippen molar-refractivity contribution in [1.82, 2.24) is 15.2 Å². The lowest BCUT2D eigenvalue weighted by atomic mass is 10.1. The maximum atomic E-state index is 5.59. The molecule has 2 atom stereocenters. The average Bonchev–Trinajstić information content (AvgIpc) is 2.76. The van der Waals surface area contributed by atoms with Gasteiger partial charge >= 0.3 is 0 Å². The van der Waals surface area contributed by atoms with Crippen molar-refractivity contribution < 1.29 is 4.74 Å². The van der Waals surface area contributed by atoms with Gasteiger partial charge in [-0.3, -0.25) is 10.4 Å². The monoisotopic (exact) mass is 271 g/mol. The van der Waals surface area contributed by atoms with Crippen LogP contribution in [-0.4, -0.2) is 68.7 Å². The van der Waals surface area contributed by atoms with Crippen LogP contribution < -0.4 is 11.3 Å². The van der Waals surface area contributed by atoms with E-state index in [1.54, 1.807) is 0 Å². The molecule has 1 fully saturated rings. The van der Waals surface area contributed by atoms with Gasteiger partial charge in [-0.25, -0.2) is 5.84 Å². The van der Waals surface area contributed by atoms with Gasteiger partial charge in [0.25, 0.3) is 0 Å². The van der Waals surface area contributed by atoms with E-state index in [9.17, 15) is 0 Å². The number of hydrazine groups is 1. The second kappa shape index (κ2) is 8.35. The van der Waals surface area contributed by atoms with E-state index < -0.39 is 0 Å². The van der Waals surface area contributed by atoms with E-state index in [1.165, 1.54) is 0 Å². The summed E-state index contributed by atoms with van der Waals surface area (Å²) < 4.78 is 5.30. The Kier molecular flexibility index (Phi) is 7.12. The minimum Gasteiger partial charge on any atom is -0.382 e. The van der Waals surface area contributed by atoms with Crippen molar-refractivity contribution in [2.24, 2.45) is 16.8 Å². The summed E-state index contributed by atoms with van der Waals surface area (Å²) in [5.74, 6) is 7.01. The third-order valence-electron chi connectivity index (χ3n) is 3.58. The fraction of sp³-hybridized carbons (Fsp3) is 0.923. The Morgan fingerprint density at radius 1 is 1.47 bits per heavy atom. The molecule has 0 aromatic carbocycles. The first-order valence-corrected chi connectivity index (χ1v) is 7.10. The maximum Gasteiger partial charge on any atom is 0.208 e. The van der Waals surface area contributed by atoms with Crippen molar-refractivity contribution in [2.75, 3.05) is 46.9 Å². The first-order chi connectivity index (χ1) is 9.10. The van der Waals surface area contributed by atoms with Crippen LogP contribution in [0.25, 0.3) is 0 Å². The number of likely N-dealkylation sites (tertiary alicyclic amines) is 1. The smallest absolute Gasteiger partial charge is 0.208 e. The first kappa shape index (κ1) is 16.2. The van der Waals surface area contributed by atoms with Crippen LogP contribution in [0.4, 0.5) is 0 Å². The van der Waals surface area contributed by atoms with E-state index in [4.69, 9.17) is 10.6 Å².